The molecule has 3 heterocycles. The van der Waals surface area contributed by atoms with E-state index in [1.165, 1.54) is 54.2 Å². The molecule has 3 nitrogen and oxygen atoms in total. The first-order chi connectivity index (χ1) is 32.1. The minimum absolute atomic E-state index is 0. The predicted molar refractivity (Wildman–Crippen MR) is 267 cm³/mol. The van der Waals surface area contributed by atoms with Crippen molar-refractivity contribution in [1.29, 1.82) is 0 Å². The van der Waals surface area contributed by atoms with Crippen LogP contribution in [0.2, 0.25) is 17.3 Å². The molecule has 0 aliphatic carbocycles. The van der Waals surface area contributed by atoms with Crippen molar-refractivity contribution in [2.45, 2.75) is 83.9 Å². The maximum absolute atomic E-state index is 8.61. The summed E-state index contributed by atoms with van der Waals surface area (Å²) in [7, 11) is 0. The van der Waals surface area contributed by atoms with Crippen LogP contribution < -0.4 is 4.40 Å². The summed E-state index contributed by atoms with van der Waals surface area (Å²) in [5.74, 6) is 7.90. The average molecular weight is 1080 g/mol. The molecule has 0 amide bonds. The van der Waals surface area contributed by atoms with Crippen molar-refractivity contribution in [2.24, 2.45) is 5.92 Å². The van der Waals surface area contributed by atoms with Gasteiger partial charge in [-0.25, -0.2) is 0 Å². The molecule has 0 aliphatic rings. The zero-order valence-corrected chi connectivity index (χ0v) is 42.2. The van der Waals surface area contributed by atoms with Crippen LogP contribution in [-0.4, -0.2) is 27.8 Å². The molecule has 0 fully saturated rings. The SMILES string of the molecule is CC(C)c1cc(-c2ccccc2)cc(C(C)C)c1-n1c(-c2[c-]ccc3c2sc2ccccc23)nc2ccccc21.[2H]c1[c-]c(-c2cc(C([2H])([2H])C(C)C)[c]([Ge]([CH3])([CH3])[CH3])cn2)cc([2H])c1C([2H])([2H])[2H].[Ir]. The van der Waals surface area contributed by atoms with E-state index in [1.807, 2.05) is 25.2 Å². The summed E-state index contributed by atoms with van der Waals surface area (Å²) >= 11 is -0.585. The molecular formula is C56H57GeIrN3S-2. The van der Waals surface area contributed by atoms with Gasteiger partial charge in [-0.1, -0.05) is 99.3 Å². The van der Waals surface area contributed by atoms with E-state index in [0.717, 1.165) is 26.8 Å². The molecule has 0 bridgehead atoms. The standard InChI is InChI=1S/C37H31N2S.C19H26GeN.Ir/c1-23(2)30-21-26(25-13-6-5-7-14-25)22-31(24(3)4)35(30)39-33-19-10-9-18-32(33)38-37(39)29-17-12-16-28-27-15-8-11-20-34(27)40-36(28)29;1-14(2)11-17-12-19(16-9-7-15(3)8-10-16)21-13-18(17)20(4,5)6;/h5-16,18-24H,1-4H3;7-9,12-14H,11H2,1-6H3;/q2*-1;/i;3D3,7D,8D,11D2;. The molecule has 6 heteroatoms. The minimum Gasteiger partial charge on any atom is 0 e. The molecule has 0 unspecified atom stereocenters. The van der Waals surface area contributed by atoms with Gasteiger partial charge in [0, 0.05) is 30.5 Å². The summed E-state index contributed by atoms with van der Waals surface area (Å²) in [5.41, 5.74) is 10.6. The average Bonchev–Trinajstić information content (AvgIpc) is 3.86. The third kappa shape index (κ3) is 9.33. The Balaban J connectivity index is 0.000000215. The molecule has 0 saturated heterocycles. The van der Waals surface area contributed by atoms with Crippen molar-refractivity contribution in [1.82, 2.24) is 14.5 Å². The summed E-state index contributed by atoms with van der Waals surface area (Å²) in [4.78, 5) is 9.76. The Bertz CT molecular complexity index is 3260. The molecule has 0 aliphatic heterocycles. The Morgan fingerprint density at radius 3 is 2.16 bits per heavy atom. The third-order valence-corrected chi connectivity index (χ3v) is 16.4. The Morgan fingerprint density at radius 2 is 1.48 bits per heavy atom. The summed E-state index contributed by atoms with van der Waals surface area (Å²) in [5, 5.41) is 2.55. The van der Waals surface area contributed by atoms with Crippen LogP contribution >= 0.6 is 11.3 Å². The fraction of sp³-hybridized carbons (Fsp3) is 0.250. The molecule has 0 atom stereocenters. The summed E-state index contributed by atoms with van der Waals surface area (Å²) in [6.07, 6.45) is 0.154. The van der Waals surface area contributed by atoms with E-state index in [2.05, 4.69) is 170 Å². The number of thiophene rings is 1. The van der Waals surface area contributed by atoms with Crippen LogP contribution in [0.4, 0.5) is 0 Å². The predicted octanol–water partition coefficient (Wildman–Crippen LogP) is 15.4. The normalized spacial score (nSPS) is 13.8. The summed E-state index contributed by atoms with van der Waals surface area (Å²) in [6, 6.07) is 45.7. The summed E-state index contributed by atoms with van der Waals surface area (Å²) < 4.78 is 61.7. The van der Waals surface area contributed by atoms with Gasteiger partial charge in [-0.15, -0.1) is 18.2 Å². The maximum Gasteiger partial charge on any atom is 0 e. The maximum atomic E-state index is 8.61. The van der Waals surface area contributed by atoms with E-state index in [-0.39, 0.29) is 43.7 Å². The number of benzene rings is 6. The number of rotatable bonds is 9. The van der Waals surface area contributed by atoms with Crippen LogP contribution in [0.1, 0.15) is 85.2 Å². The first kappa shape index (κ1) is 36.8. The molecule has 0 saturated carbocycles. The second-order valence-corrected chi connectivity index (χ2v) is 29.2. The van der Waals surface area contributed by atoms with Gasteiger partial charge in [0.05, 0.1) is 16.9 Å². The van der Waals surface area contributed by atoms with E-state index >= 15 is 0 Å². The van der Waals surface area contributed by atoms with Crippen LogP contribution in [-0.2, 0) is 26.5 Å². The third-order valence-electron chi connectivity index (χ3n) is 11.0. The van der Waals surface area contributed by atoms with E-state index < -0.39 is 26.5 Å². The van der Waals surface area contributed by atoms with Gasteiger partial charge in [0.25, 0.3) is 0 Å². The minimum atomic E-state index is -2.55. The van der Waals surface area contributed by atoms with Crippen molar-refractivity contribution in [3.63, 3.8) is 0 Å². The van der Waals surface area contributed by atoms with Crippen LogP contribution in [0.3, 0.4) is 0 Å². The molecule has 1 radical (unpaired) electrons. The number of aromatic nitrogens is 3. The van der Waals surface area contributed by atoms with Gasteiger partial charge >= 0.3 is 141 Å². The van der Waals surface area contributed by atoms with Gasteiger partial charge in [0.2, 0.25) is 0 Å². The Morgan fingerprint density at radius 1 is 0.790 bits per heavy atom. The molecule has 0 N–H and O–H groups in total. The van der Waals surface area contributed by atoms with Crippen LogP contribution in [0, 0.1) is 24.9 Å². The first-order valence-corrected chi connectivity index (χ1v) is 29.3. The molecule has 6 aromatic carbocycles. The number of hydrogen-bond donors (Lipinski definition) is 0. The fourth-order valence-corrected chi connectivity index (χ4v) is 12.1. The monoisotopic (exact) mass is 1080 g/mol. The number of nitrogens with zero attached hydrogens (tertiary/aromatic N) is 3. The Hall–Kier alpha value is -4.65. The zero-order chi connectivity index (χ0) is 49.0. The van der Waals surface area contributed by atoms with E-state index in [4.69, 9.17) is 14.6 Å². The van der Waals surface area contributed by atoms with Crippen molar-refractivity contribution in [3.05, 3.63) is 168 Å². The molecule has 9 rings (SSSR count). The van der Waals surface area contributed by atoms with Crippen molar-refractivity contribution in [2.75, 3.05) is 0 Å². The van der Waals surface area contributed by atoms with Crippen molar-refractivity contribution >= 4 is 60.2 Å². The van der Waals surface area contributed by atoms with Gasteiger partial charge in [0.15, 0.2) is 0 Å². The molecule has 317 valence electrons. The smallest absolute Gasteiger partial charge is 0 e. The van der Waals surface area contributed by atoms with Crippen LogP contribution in [0.5, 0.6) is 0 Å². The van der Waals surface area contributed by atoms with E-state index in [1.54, 1.807) is 12.3 Å². The molecular weight excluding hydrogens is 1010 g/mol. The fourth-order valence-electron chi connectivity index (χ4n) is 8.01. The van der Waals surface area contributed by atoms with Crippen LogP contribution in [0.25, 0.3) is 70.7 Å². The quantitative estimate of drug-likeness (QED) is 0.107. The molecule has 0 spiro atoms. The zero-order valence-electron chi connectivity index (χ0n) is 43.9. The second kappa shape index (κ2) is 19.0. The molecule has 9 aromatic rings. The number of para-hydroxylation sites is 2. The van der Waals surface area contributed by atoms with Gasteiger partial charge < -0.3 is 4.57 Å². The van der Waals surface area contributed by atoms with E-state index in [0.29, 0.717) is 28.7 Å². The number of imidazole rings is 1. The molecule has 62 heavy (non-hydrogen) atoms. The topological polar surface area (TPSA) is 30.7 Å². The number of hydrogen-bond acceptors (Lipinski definition) is 3. The largest absolute Gasteiger partial charge is 0 e. The number of fused-ring (bicyclic) bond motifs is 4. The van der Waals surface area contributed by atoms with Gasteiger partial charge in [-0.05, 0) is 74.5 Å². The first-order valence-electron chi connectivity index (χ1n) is 24.7. The van der Waals surface area contributed by atoms with Crippen LogP contribution in [0.15, 0.2) is 134 Å². The summed E-state index contributed by atoms with van der Waals surface area (Å²) in [6.45, 7) is 10.3. The Kier molecular flexibility index (Phi) is 11.3. The van der Waals surface area contributed by atoms with E-state index in [9.17, 15) is 0 Å². The molecule has 3 aromatic heterocycles. The van der Waals surface area contributed by atoms with Gasteiger partial charge in [-0.3, -0.25) is 4.98 Å². The van der Waals surface area contributed by atoms with Gasteiger partial charge in [-0.2, -0.15) is 11.3 Å². The van der Waals surface area contributed by atoms with Crippen molar-refractivity contribution < 1.29 is 29.7 Å². The van der Waals surface area contributed by atoms with Gasteiger partial charge in [0.1, 0.15) is 0 Å². The Labute approximate surface area is 399 Å². The second-order valence-electron chi connectivity index (χ2n) is 17.6. The van der Waals surface area contributed by atoms with Crippen molar-refractivity contribution in [3.8, 4) is 39.5 Å². The number of pyridine rings is 1.